The fourth-order valence-electron chi connectivity index (χ4n) is 1.14. The van der Waals surface area contributed by atoms with Crippen LogP contribution in [0.5, 0.6) is 0 Å². The van der Waals surface area contributed by atoms with Crippen LogP contribution in [0.2, 0.25) is 0 Å². The zero-order valence-corrected chi connectivity index (χ0v) is 5.51. The number of hydrogen-bond acceptors (Lipinski definition) is 4. The summed E-state index contributed by atoms with van der Waals surface area (Å²) in [5, 5.41) is 35.8. The lowest BCUT2D eigenvalue weighted by Crippen LogP contribution is -2.48. The minimum Gasteiger partial charge on any atom is -0.390 e. The molecule has 1 aliphatic rings. The van der Waals surface area contributed by atoms with E-state index in [1.165, 1.54) is 0 Å². The van der Waals surface area contributed by atoms with Gasteiger partial charge in [-0.05, 0) is 12.8 Å². The second kappa shape index (κ2) is 2.84. The van der Waals surface area contributed by atoms with Crippen LogP contribution in [-0.2, 0) is 0 Å². The third-order valence-electron chi connectivity index (χ3n) is 1.90. The molecule has 0 saturated heterocycles. The van der Waals surface area contributed by atoms with Gasteiger partial charge >= 0.3 is 0 Å². The molecule has 0 spiro atoms. The average Bonchev–Trinajstić information content (AvgIpc) is 1.93. The van der Waals surface area contributed by atoms with Crippen molar-refractivity contribution in [2.45, 2.75) is 37.3 Å². The van der Waals surface area contributed by atoms with E-state index in [-0.39, 0.29) is 0 Å². The van der Waals surface area contributed by atoms with E-state index in [1.54, 1.807) is 0 Å². The first-order valence-corrected chi connectivity index (χ1v) is 3.35. The molecule has 0 radical (unpaired) electrons. The summed E-state index contributed by atoms with van der Waals surface area (Å²) in [6.07, 6.45) is -3.47. The van der Waals surface area contributed by atoms with Gasteiger partial charge in [0.25, 0.3) is 0 Å². The number of aliphatic hydroxyl groups excluding tert-OH is 4. The molecule has 4 atom stereocenters. The molecule has 4 nitrogen and oxygen atoms in total. The van der Waals surface area contributed by atoms with Crippen molar-refractivity contribution in [3.8, 4) is 0 Å². The first-order valence-electron chi connectivity index (χ1n) is 3.35. The molecule has 60 valence electrons. The Morgan fingerprint density at radius 2 is 1.00 bits per heavy atom. The van der Waals surface area contributed by atoms with Crippen molar-refractivity contribution >= 4 is 0 Å². The van der Waals surface area contributed by atoms with Gasteiger partial charge in [0.1, 0.15) is 12.2 Å². The quantitative estimate of drug-likeness (QED) is 0.327. The Hall–Kier alpha value is -0.160. The van der Waals surface area contributed by atoms with Gasteiger partial charge in [0.2, 0.25) is 0 Å². The van der Waals surface area contributed by atoms with Crippen LogP contribution in [0.3, 0.4) is 0 Å². The highest BCUT2D eigenvalue weighted by atomic mass is 16.4. The van der Waals surface area contributed by atoms with Crippen LogP contribution in [0, 0.1) is 0 Å². The van der Waals surface area contributed by atoms with Gasteiger partial charge in [0.05, 0.1) is 12.2 Å². The molecule has 10 heavy (non-hydrogen) atoms. The first kappa shape index (κ1) is 7.94. The second-order valence-electron chi connectivity index (χ2n) is 2.69. The van der Waals surface area contributed by atoms with Crippen molar-refractivity contribution < 1.29 is 20.4 Å². The summed E-state index contributed by atoms with van der Waals surface area (Å²) in [5.41, 5.74) is 0. The van der Waals surface area contributed by atoms with E-state index in [0.717, 1.165) is 0 Å². The smallest absolute Gasteiger partial charge is 0.108 e. The average molecular weight is 148 g/mol. The van der Waals surface area contributed by atoms with Crippen LogP contribution >= 0.6 is 0 Å². The summed E-state index contributed by atoms with van der Waals surface area (Å²) < 4.78 is 0. The number of hydrogen-bond donors (Lipinski definition) is 4. The molecular formula is C6H12O4. The van der Waals surface area contributed by atoms with Crippen LogP contribution in [0.25, 0.3) is 0 Å². The van der Waals surface area contributed by atoms with E-state index >= 15 is 0 Å². The van der Waals surface area contributed by atoms with Gasteiger partial charge in [-0.2, -0.15) is 0 Å². The van der Waals surface area contributed by atoms with Crippen molar-refractivity contribution in [3.05, 3.63) is 0 Å². The molecule has 4 N–H and O–H groups in total. The maximum Gasteiger partial charge on any atom is 0.108 e. The molecule has 0 aromatic carbocycles. The van der Waals surface area contributed by atoms with E-state index in [4.69, 9.17) is 20.4 Å². The van der Waals surface area contributed by atoms with E-state index < -0.39 is 24.4 Å². The monoisotopic (exact) mass is 148 g/mol. The zero-order valence-electron chi connectivity index (χ0n) is 5.51. The van der Waals surface area contributed by atoms with Gasteiger partial charge in [-0.25, -0.2) is 0 Å². The Bertz CT molecular complexity index is 102. The molecule has 1 saturated carbocycles. The van der Waals surface area contributed by atoms with Crippen LogP contribution in [0.15, 0.2) is 0 Å². The largest absolute Gasteiger partial charge is 0.390 e. The third-order valence-corrected chi connectivity index (χ3v) is 1.90. The first-order chi connectivity index (χ1) is 4.63. The van der Waals surface area contributed by atoms with Gasteiger partial charge in [0.15, 0.2) is 0 Å². The molecule has 0 aromatic rings. The molecule has 0 aliphatic heterocycles. The molecular weight excluding hydrogens is 136 g/mol. The van der Waals surface area contributed by atoms with E-state index in [0.29, 0.717) is 12.8 Å². The lowest BCUT2D eigenvalue weighted by atomic mass is 9.90. The predicted molar refractivity (Wildman–Crippen MR) is 33.3 cm³/mol. The van der Waals surface area contributed by atoms with Crippen molar-refractivity contribution in [3.63, 3.8) is 0 Å². The van der Waals surface area contributed by atoms with Gasteiger partial charge in [0, 0.05) is 0 Å². The second-order valence-corrected chi connectivity index (χ2v) is 2.69. The standard InChI is InChI=1S/C6H12O4/c7-3-1-2-4(8)6(10)5(3)9/h3-10H,1-2H2/t3-,4-,5-,6-/m0/s1. The highest BCUT2D eigenvalue weighted by Crippen LogP contribution is 2.19. The Morgan fingerprint density at radius 3 is 1.30 bits per heavy atom. The SMILES string of the molecule is O[C@@H]1[C@@H](O)[C@@H](O)CC[C@@H]1O. The molecule has 1 rings (SSSR count). The van der Waals surface area contributed by atoms with Crippen LogP contribution in [0.1, 0.15) is 12.8 Å². The van der Waals surface area contributed by atoms with Crippen LogP contribution in [0.4, 0.5) is 0 Å². The fourth-order valence-corrected chi connectivity index (χ4v) is 1.14. The van der Waals surface area contributed by atoms with Crippen LogP contribution < -0.4 is 0 Å². The number of rotatable bonds is 0. The lowest BCUT2D eigenvalue weighted by Gasteiger charge is -2.31. The molecule has 0 bridgehead atoms. The summed E-state index contributed by atoms with van der Waals surface area (Å²) in [4.78, 5) is 0. The van der Waals surface area contributed by atoms with E-state index in [9.17, 15) is 0 Å². The number of aliphatic hydroxyl groups is 4. The Labute approximate surface area is 58.7 Å². The molecule has 4 heteroatoms. The minimum absolute atomic E-state index is 0.347. The molecule has 0 aromatic heterocycles. The van der Waals surface area contributed by atoms with Gasteiger partial charge in [-0.15, -0.1) is 0 Å². The van der Waals surface area contributed by atoms with Gasteiger partial charge in [-0.1, -0.05) is 0 Å². The summed E-state index contributed by atoms with van der Waals surface area (Å²) in [5.74, 6) is 0. The zero-order chi connectivity index (χ0) is 7.72. The molecule has 1 fully saturated rings. The maximum absolute atomic E-state index is 8.96. The normalized spacial score (nSPS) is 49.2. The van der Waals surface area contributed by atoms with Crippen molar-refractivity contribution in [2.24, 2.45) is 0 Å². The van der Waals surface area contributed by atoms with Crippen molar-refractivity contribution in [1.29, 1.82) is 0 Å². The molecule has 0 unspecified atom stereocenters. The Balaban J connectivity index is 2.52. The third kappa shape index (κ3) is 1.29. The molecule has 1 aliphatic carbocycles. The van der Waals surface area contributed by atoms with Crippen LogP contribution in [-0.4, -0.2) is 44.8 Å². The van der Waals surface area contributed by atoms with E-state index in [2.05, 4.69) is 0 Å². The summed E-state index contributed by atoms with van der Waals surface area (Å²) in [6.45, 7) is 0. The highest BCUT2D eigenvalue weighted by Gasteiger charge is 2.34. The maximum atomic E-state index is 8.96. The molecule has 0 heterocycles. The van der Waals surface area contributed by atoms with E-state index in [1.807, 2.05) is 0 Å². The predicted octanol–water partition coefficient (Wildman–Crippen LogP) is -1.78. The van der Waals surface area contributed by atoms with Gasteiger partial charge in [-0.3, -0.25) is 0 Å². The summed E-state index contributed by atoms with van der Waals surface area (Å²) in [7, 11) is 0. The minimum atomic E-state index is -1.19. The summed E-state index contributed by atoms with van der Waals surface area (Å²) in [6, 6.07) is 0. The topological polar surface area (TPSA) is 80.9 Å². The van der Waals surface area contributed by atoms with Gasteiger partial charge < -0.3 is 20.4 Å². The highest BCUT2D eigenvalue weighted by molar-refractivity contribution is 4.86. The Morgan fingerprint density at radius 1 is 0.700 bits per heavy atom. The lowest BCUT2D eigenvalue weighted by molar-refractivity contribution is -0.135. The fraction of sp³-hybridized carbons (Fsp3) is 1.00. The Kier molecular flexibility index (Phi) is 2.25. The van der Waals surface area contributed by atoms with Crippen molar-refractivity contribution in [2.75, 3.05) is 0 Å². The van der Waals surface area contributed by atoms with Crippen molar-refractivity contribution in [1.82, 2.24) is 0 Å². The molecule has 0 amide bonds. The summed E-state index contributed by atoms with van der Waals surface area (Å²) >= 11 is 0.